The molecule has 0 aliphatic carbocycles. The van der Waals surface area contributed by atoms with Crippen LogP contribution in [0.4, 0.5) is 0 Å². The van der Waals surface area contributed by atoms with Crippen molar-refractivity contribution in [1.82, 2.24) is 10.2 Å². The zero-order valence-corrected chi connectivity index (χ0v) is 10.0. The van der Waals surface area contributed by atoms with Gasteiger partial charge in [-0.1, -0.05) is 12.8 Å². The summed E-state index contributed by atoms with van der Waals surface area (Å²) < 4.78 is 0. The first kappa shape index (κ1) is 12.9. The maximum atomic E-state index is 8.67. The lowest BCUT2D eigenvalue weighted by molar-refractivity contribution is 0.241. The van der Waals surface area contributed by atoms with E-state index in [-0.39, 0.29) is 0 Å². The van der Waals surface area contributed by atoms with E-state index in [2.05, 4.69) is 10.2 Å². The van der Waals surface area contributed by atoms with Crippen LogP contribution in [0.25, 0.3) is 0 Å². The van der Waals surface area contributed by atoms with Crippen molar-refractivity contribution in [1.29, 1.82) is 0 Å². The second-order valence-corrected chi connectivity index (χ2v) is 4.53. The molecule has 0 aromatic carbocycles. The molecule has 90 valence electrons. The lowest BCUT2D eigenvalue weighted by Crippen LogP contribution is -2.37. The highest BCUT2D eigenvalue weighted by atomic mass is 16.2. The molecular weight excluding hydrogens is 188 g/mol. The lowest BCUT2D eigenvalue weighted by atomic mass is 10.2. The highest BCUT2D eigenvalue weighted by Gasteiger charge is 2.22. The van der Waals surface area contributed by atoms with Gasteiger partial charge in [-0.3, -0.25) is 4.90 Å². The summed E-state index contributed by atoms with van der Waals surface area (Å²) in [4.78, 5) is 2.62. The van der Waals surface area contributed by atoms with Crippen LogP contribution in [0.15, 0.2) is 0 Å². The second kappa shape index (κ2) is 8.08. The summed E-state index contributed by atoms with van der Waals surface area (Å²) in [6.45, 7) is 4.02. The molecule has 3 nitrogen and oxygen atoms in total. The number of aliphatic hydroxyl groups excluding tert-OH is 1. The van der Waals surface area contributed by atoms with E-state index in [1.807, 2.05) is 7.05 Å². The van der Waals surface area contributed by atoms with Crippen molar-refractivity contribution in [3.63, 3.8) is 0 Å². The van der Waals surface area contributed by atoms with Gasteiger partial charge in [0.15, 0.2) is 0 Å². The third-order valence-electron chi connectivity index (χ3n) is 3.29. The van der Waals surface area contributed by atoms with Crippen molar-refractivity contribution in [2.75, 3.05) is 33.3 Å². The molecule has 1 saturated heterocycles. The van der Waals surface area contributed by atoms with E-state index >= 15 is 0 Å². The predicted octanol–water partition coefficient (Wildman–Crippen LogP) is 1.22. The first-order valence-corrected chi connectivity index (χ1v) is 6.38. The maximum Gasteiger partial charge on any atom is 0.0431 e. The van der Waals surface area contributed by atoms with Crippen LogP contribution in [0.1, 0.15) is 38.5 Å². The number of rotatable bonds is 8. The van der Waals surface area contributed by atoms with Crippen molar-refractivity contribution < 1.29 is 5.11 Å². The van der Waals surface area contributed by atoms with Gasteiger partial charge in [0.05, 0.1) is 0 Å². The third kappa shape index (κ3) is 4.96. The molecule has 1 unspecified atom stereocenters. The molecule has 0 bridgehead atoms. The number of nitrogens with one attached hydrogen (secondary N) is 1. The van der Waals surface area contributed by atoms with Crippen LogP contribution < -0.4 is 5.32 Å². The third-order valence-corrected chi connectivity index (χ3v) is 3.29. The Morgan fingerprint density at radius 2 is 2.07 bits per heavy atom. The van der Waals surface area contributed by atoms with Crippen LogP contribution in [0.3, 0.4) is 0 Å². The van der Waals surface area contributed by atoms with Gasteiger partial charge in [0.25, 0.3) is 0 Å². The number of hydrogen-bond acceptors (Lipinski definition) is 3. The van der Waals surface area contributed by atoms with Gasteiger partial charge in [-0.2, -0.15) is 0 Å². The molecule has 2 N–H and O–H groups in total. The standard InChI is InChI=1S/C12H26N2O/c1-13-11-12-7-6-9-14(12)8-4-2-3-5-10-15/h12-13,15H,2-11H2,1H3. The molecule has 0 saturated carbocycles. The fourth-order valence-corrected chi connectivity index (χ4v) is 2.44. The van der Waals surface area contributed by atoms with Crippen LogP contribution in [0.2, 0.25) is 0 Å². The fourth-order valence-electron chi connectivity index (χ4n) is 2.44. The van der Waals surface area contributed by atoms with Crippen LogP contribution in [-0.4, -0.2) is 49.3 Å². The zero-order valence-electron chi connectivity index (χ0n) is 10.0. The minimum absolute atomic E-state index is 0.353. The van der Waals surface area contributed by atoms with Gasteiger partial charge in [-0.05, 0) is 45.8 Å². The Bertz CT molecular complexity index is 153. The van der Waals surface area contributed by atoms with Crippen molar-refractivity contribution in [2.24, 2.45) is 0 Å². The maximum absolute atomic E-state index is 8.67. The number of aliphatic hydroxyl groups is 1. The first-order valence-electron chi connectivity index (χ1n) is 6.38. The topological polar surface area (TPSA) is 35.5 Å². The first-order chi connectivity index (χ1) is 7.38. The Kier molecular flexibility index (Phi) is 6.98. The van der Waals surface area contributed by atoms with E-state index in [1.54, 1.807) is 0 Å². The van der Waals surface area contributed by atoms with Crippen molar-refractivity contribution >= 4 is 0 Å². The average molecular weight is 214 g/mol. The average Bonchev–Trinajstić information content (AvgIpc) is 2.66. The van der Waals surface area contributed by atoms with Crippen LogP contribution in [0.5, 0.6) is 0 Å². The van der Waals surface area contributed by atoms with Gasteiger partial charge in [0, 0.05) is 19.2 Å². The summed E-state index contributed by atoms with van der Waals surface area (Å²) in [6.07, 6.45) is 7.44. The van der Waals surface area contributed by atoms with Crippen LogP contribution in [-0.2, 0) is 0 Å². The molecule has 0 aromatic heterocycles. The zero-order chi connectivity index (χ0) is 10.9. The van der Waals surface area contributed by atoms with E-state index in [4.69, 9.17) is 5.11 Å². The Balaban J connectivity index is 2.03. The van der Waals surface area contributed by atoms with E-state index in [1.165, 1.54) is 45.2 Å². The van der Waals surface area contributed by atoms with Gasteiger partial charge in [-0.15, -0.1) is 0 Å². The minimum Gasteiger partial charge on any atom is -0.396 e. The van der Waals surface area contributed by atoms with Crippen LogP contribution in [0, 0.1) is 0 Å². The van der Waals surface area contributed by atoms with E-state index in [0.29, 0.717) is 6.61 Å². The number of likely N-dealkylation sites (N-methyl/N-ethyl adjacent to an activating group) is 1. The second-order valence-electron chi connectivity index (χ2n) is 4.53. The van der Waals surface area contributed by atoms with Crippen molar-refractivity contribution in [3.05, 3.63) is 0 Å². The summed E-state index contributed by atoms with van der Waals surface area (Å²) in [5.41, 5.74) is 0. The van der Waals surface area contributed by atoms with Gasteiger partial charge >= 0.3 is 0 Å². The van der Waals surface area contributed by atoms with Crippen molar-refractivity contribution in [3.8, 4) is 0 Å². The quantitative estimate of drug-likeness (QED) is 0.596. The highest BCUT2D eigenvalue weighted by molar-refractivity contribution is 4.80. The molecule has 1 atom stereocenters. The Hall–Kier alpha value is -0.120. The molecule has 1 heterocycles. The van der Waals surface area contributed by atoms with Gasteiger partial charge < -0.3 is 10.4 Å². The Labute approximate surface area is 93.9 Å². The number of likely N-dealkylation sites (tertiary alicyclic amines) is 1. The normalized spacial score (nSPS) is 22.4. The number of nitrogens with zero attached hydrogens (tertiary/aromatic N) is 1. The summed E-state index contributed by atoms with van der Waals surface area (Å²) in [7, 11) is 2.04. The number of unbranched alkanes of at least 4 members (excludes halogenated alkanes) is 3. The SMILES string of the molecule is CNCC1CCCN1CCCCCCO. The molecular formula is C12H26N2O. The monoisotopic (exact) mass is 214 g/mol. The van der Waals surface area contributed by atoms with Crippen LogP contribution >= 0.6 is 0 Å². The van der Waals surface area contributed by atoms with Crippen molar-refractivity contribution in [2.45, 2.75) is 44.6 Å². The lowest BCUT2D eigenvalue weighted by Gasteiger charge is -2.24. The molecule has 1 aliphatic heterocycles. The Morgan fingerprint density at radius 1 is 1.27 bits per heavy atom. The Morgan fingerprint density at radius 3 is 2.80 bits per heavy atom. The summed E-state index contributed by atoms with van der Waals surface area (Å²) in [6, 6.07) is 0.771. The molecule has 3 heteroatoms. The molecule has 0 aromatic rings. The number of hydrogen-bond donors (Lipinski definition) is 2. The molecule has 1 fully saturated rings. The fraction of sp³-hybridized carbons (Fsp3) is 1.00. The molecule has 1 rings (SSSR count). The molecule has 1 aliphatic rings. The molecule has 0 radical (unpaired) electrons. The molecule has 0 amide bonds. The summed E-state index contributed by atoms with van der Waals surface area (Å²) in [5, 5.41) is 11.9. The van der Waals surface area contributed by atoms with Gasteiger partial charge in [-0.25, -0.2) is 0 Å². The summed E-state index contributed by atoms with van der Waals surface area (Å²) >= 11 is 0. The largest absolute Gasteiger partial charge is 0.396 e. The predicted molar refractivity (Wildman–Crippen MR) is 64.1 cm³/mol. The van der Waals surface area contributed by atoms with E-state index < -0.39 is 0 Å². The van der Waals surface area contributed by atoms with Gasteiger partial charge in [0.1, 0.15) is 0 Å². The molecule has 0 spiro atoms. The van der Waals surface area contributed by atoms with Gasteiger partial charge in [0.2, 0.25) is 0 Å². The smallest absolute Gasteiger partial charge is 0.0431 e. The summed E-state index contributed by atoms with van der Waals surface area (Å²) in [5.74, 6) is 0. The van der Waals surface area contributed by atoms with E-state index in [9.17, 15) is 0 Å². The minimum atomic E-state index is 0.353. The highest BCUT2D eigenvalue weighted by Crippen LogP contribution is 2.17. The molecule has 15 heavy (non-hydrogen) atoms. The van der Waals surface area contributed by atoms with E-state index in [0.717, 1.165) is 19.0 Å².